The number of aromatic nitrogens is 6. The van der Waals surface area contributed by atoms with E-state index < -0.39 is 0 Å². The summed E-state index contributed by atoms with van der Waals surface area (Å²) in [5.74, 6) is 1.27. The summed E-state index contributed by atoms with van der Waals surface area (Å²) >= 11 is 6.42. The van der Waals surface area contributed by atoms with E-state index in [2.05, 4.69) is 35.2 Å². The largest absolute Gasteiger partial charge is 0.496 e. The maximum absolute atomic E-state index is 6.42. The van der Waals surface area contributed by atoms with Crippen molar-refractivity contribution in [1.29, 1.82) is 0 Å². The van der Waals surface area contributed by atoms with E-state index in [-0.39, 0.29) is 12.1 Å². The summed E-state index contributed by atoms with van der Waals surface area (Å²) in [6.07, 6.45) is 6.39. The Balaban J connectivity index is 1.74. The zero-order valence-electron chi connectivity index (χ0n) is 16.0. The molecule has 0 saturated heterocycles. The lowest BCUT2D eigenvalue weighted by atomic mass is 9.99. The molecule has 10 heteroatoms. The van der Waals surface area contributed by atoms with Gasteiger partial charge in [0.2, 0.25) is 0 Å². The third kappa shape index (κ3) is 3.64. The van der Waals surface area contributed by atoms with Crippen molar-refractivity contribution in [3.8, 4) is 22.9 Å². The van der Waals surface area contributed by atoms with Crippen molar-refractivity contribution in [2.24, 2.45) is 0 Å². The van der Waals surface area contributed by atoms with Crippen molar-refractivity contribution in [3.05, 3.63) is 47.8 Å². The summed E-state index contributed by atoms with van der Waals surface area (Å²) < 4.78 is 10.8. The summed E-state index contributed by atoms with van der Waals surface area (Å²) in [6, 6.07) is 3.78. The van der Waals surface area contributed by atoms with Crippen molar-refractivity contribution in [3.63, 3.8) is 0 Å². The van der Waals surface area contributed by atoms with Crippen LogP contribution >= 0.6 is 11.6 Å². The zero-order chi connectivity index (χ0) is 20.4. The Bertz CT molecular complexity index is 1150. The minimum absolute atomic E-state index is 0.184. The molecule has 1 unspecified atom stereocenters. The summed E-state index contributed by atoms with van der Waals surface area (Å²) in [4.78, 5) is 24.1. The maximum atomic E-state index is 6.42. The molecule has 0 spiro atoms. The molecule has 9 nitrogen and oxygen atoms in total. The van der Waals surface area contributed by atoms with Crippen LogP contribution < -0.4 is 14.8 Å². The standard InChI is InChI=1S/C19H18ClN7O2/c1-10(27-18-15-17(24-8-23-15)25-9-26-18)13-4-12(20)5-14(16(13)28-2)11-6-21-19(29-3)22-7-11/h4-10H,1-3H3,(H2,23,24,25,26,27). The molecular weight excluding hydrogens is 394 g/mol. The van der Waals surface area contributed by atoms with E-state index in [9.17, 15) is 0 Å². The number of imidazole rings is 1. The first-order valence-electron chi connectivity index (χ1n) is 8.75. The van der Waals surface area contributed by atoms with Gasteiger partial charge in [0.1, 0.15) is 17.6 Å². The Morgan fingerprint density at radius 1 is 1.03 bits per heavy atom. The molecule has 0 aliphatic rings. The van der Waals surface area contributed by atoms with Crippen LogP contribution in [0.5, 0.6) is 11.8 Å². The number of hydrogen-bond donors (Lipinski definition) is 2. The number of benzene rings is 1. The first-order chi connectivity index (χ1) is 14.1. The van der Waals surface area contributed by atoms with E-state index >= 15 is 0 Å². The van der Waals surface area contributed by atoms with Crippen molar-refractivity contribution in [2.75, 3.05) is 19.5 Å². The number of halogens is 1. The van der Waals surface area contributed by atoms with Crippen LogP contribution in [0.2, 0.25) is 5.02 Å². The van der Waals surface area contributed by atoms with Crippen LogP contribution in [0.25, 0.3) is 22.3 Å². The number of ether oxygens (including phenoxy) is 2. The lowest BCUT2D eigenvalue weighted by molar-refractivity contribution is 0.380. The van der Waals surface area contributed by atoms with Crippen LogP contribution in [0, 0.1) is 0 Å². The van der Waals surface area contributed by atoms with Gasteiger partial charge in [-0.1, -0.05) is 11.6 Å². The molecular formula is C19H18ClN7O2. The molecule has 0 amide bonds. The first kappa shape index (κ1) is 18.9. The zero-order valence-corrected chi connectivity index (χ0v) is 16.7. The van der Waals surface area contributed by atoms with Gasteiger partial charge in [0.05, 0.1) is 26.6 Å². The minimum atomic E-state index is -0.184. The highest BCUT2D eigenvalue weighted by Crippen LogP contribution is 2.39. The van der Waals surface area contributed by atoms with Gasteiger partial charge in [0.15, 0.2) is 11.5 Å². The van der Waals surface area contributed by atoms with Gasteiger partial charge in [0, 0.05) is 34.1 Å². The number of aromatic amines is 1. The van der Waals surface area contributed by atoms with Crippen molar-refractivity contribution >= 4 is 28.6 Å². The molecule has 0 bridgehead atoms. The molecule has 0 aliphatic heterocycles. The van der Waals surface area contributed by atoms with E-state index in [4.69, 9.17) is 21.1 Å². The second-order valence-electron chi connectivity index (χ2n) is 6.22. The quantitative estimate of drug-likeness (QED) is 0.494. The number of fused-ring (bicyclic) bond motifs is 1. The number of rotatable bonds is 6. The molecule has 1 atom stereocenters. The van der Waals surface area contributed by atoms with Crippen LogP contribution in [-0.2, 0) is 0 Å². The van der Waals surface area contributed by atoms with Gasteiger partial charge < -0.3 is 19.8 Å². The van der Waals surface area contributed by atoms with Crippen LogP contribution in [0.3, 0.4) is 0 Å². The number of nitrogens with one attached hydrogen (secondary N) is 2. The van der Waals surface area contributed by atoms with E-state index in [1.165, 1.54) is 13.4 Å². The first-order valence-corrected chi connectivity index (χ1v) is 9.13. The maximum Gasteiger partial charge on any atom is 0.316 e. The average Bonchev–Trinajstić information content (AvgIpc) is 3.23. The summed E-state index contributed by atoms with van der Waals surface area (Å²) in [6.45, 7) is 1.99. The van der Waals surface area contributed by atoms with E-state index in [1.54, 1.807) is 25.8 Å². The average molecular weight is 412 g/mol. The number of H-pyrrole nitrogens is 1. The van der Waals surface area contributed by atoms with Crippen LogP contribution in [0.4, 0.5) is 5.82 Å². The lowest BCUT2D eigenvalue weighted by Gasteiger charge is -2.21. The summed E-state index contributed by atoms with van der Waals surface area (Å²) in [5.41, 5.74) is 3.70. The SMILES string of the molecule is COc1ncc(-c2cc(Cl)cc(C(C)Nc3ncnc4[nH]cnc34)c2OC)cn1. The Kier molecular flexibility index (Phi) is 5.13. The highest BCUT2D eigenvalue weighted by Gasteiger charge is 2.20. The molecule has 3 heterocycles. The molecule has 148 valence electrons. The smallest absolute Gasteiger partial charge is 0.316 e. The van der Waals surface area contributed by atoms with Gasteiger partial charge in [-0.15, -0.1) is 0 Å². The molecule has 0 radical (unpaired) electrons. The fraction of sp³-hybridized carbons (Fsp3) is 0.211. The fourth-order valence-electron chi connectivity index (χ4n) is 3.09. The molecule has 4 aromatic rings. The normalized spacial score (nSPS) is 12.0. The second-order valence-corrected chi connectivity index (χ2v) is 6.66. The third-order valence-electron chi connectivity index (χ3n) is 4.45. The topological polar surface area (TPSA) is 111 Å². The van der Waals surface area contributed by atoms with Crippen LogP contribution in [-0.4, -0.2) is 44.1 Å². The second kappa shape index (κ2) is 7.88. The number of anilines is 1. The molecule has 3 aromatic heterocycles. The Morgan fingerprint density at radius 3 is 2.55 bits per heavy atom. The van der Waals surface area contributed by atoms with Crippen molar-refractivity contribution in [2.45, 2.75) is 13.0 Å². The monoisotopic (exact) mass is 411 g/mol. The summed E-state index contributed by atoms with van der Waals surface area (Å²) in [5, 5.41) is 3.93. The Hall–Kier alpha value is -3.46. The predicted molar refractivity (Wildman–Crippen MR) is 109 cm³/mol. The van der Waals surface area contributed by atoms with Gasteiger partial charge in [-0.3, -0.25) is 0 Å². The number of hydrogen-bond acceptors (Lipinski definition) is 8. The highest BCUT2D eigenvalue weighted by atomic mass is 35.5. The van der Waals surface area contributed by atoms with Gasteiger partial charge in [-0.2, -0.15) is 0 Å². The van der Waals surface area contributed by atoms with Gasteiger partial charge >= 0.3 is 6.01 Å². The van der Waals surface area contributed by atoms with Gasteiger partial charge in [-0.05, 0) is 19.1 Å². The minimum Gasteiger partial charge on any atom is -0.496 e. The number of methoxy groups -OCH3 is 2. The number of nitrogens with zero attached hydrogens (tertiary/aromatic N) is 5. The molecule has 2 N–H and O–H groups in total. The van der Waals surface area contributed by atoms with Crippen LogP contribution in [0.15, 0.2) is 37.2 Å². The van der Waals surface area contributed by atoms with E-state index in [0.717, 1.165) is 16.7 Å². The van der Waals surface area contributed by atoms with Crippen molar-refractivity contribution < 1.29 is 9.47 Å². The van der Waals surface area contributed by atoms with E-state index in [1.807, 2.05) is 19.1 Å². The summed E-state index contributed by atoms with van der Waals surface area (Å²) in [7, 11) is 3.13. The molecule has 0 aliphatic carbocycles. The third-order valence-corrected chi connectivity index (χ3v) is 4.66. The molecule has 1 aromatic carbocycles. The van der Waals surface area contributed by atoms with Gasteiger partial charge in [-0.25, -0.2) is 24.9 Å². The molecule has 4 rings (SSSR count). The van der Waals surface area contributed by atoms with Crippen molar-refractivity contribution in [1.82, 2.24) is 29.9 Å². The molecule has 0 fully saturated rings. The lowest BCUT2D eigenvalue weighted by Crippen LogP contribution is -2.11. The van der Waals surface area contributed by atoms with Gasteiger partial charge in [0.25, 0.3) is 0 Å². The molecule has 29 heavy (non-hydrogen) atoms. The predicted octanol–water partition coefficient (Wildman–Crippen LogP) is 3.65. The van der Waals surface area contributed by atoms with E-state index in [0.29, 0.717) is 27.8 Å². The molecule has 0 saturated carbocycles. The fourth-order valence-corrected chi connectivity index (χ4v) is 3.32. The Morgan fingerprint density at radius 2 is 1.83 bits per heavy atom. The van der Waals surface area contributed by atoms with Crippen LogP contribution in [0.1, 0.15) is 18.5 Å². The highest BCUT2D eigenvalue weighted by molar-refractivity contribution is 6.31. The Labute approximate surface area is 171 Å².